The molecule has 4 aromatic rings. The van der Waals surface area contributed by atoms with Crippen LogP contribution in [0.4, 0.5) is 4.39 Å². The van der Waals surface area contributed by atoms with E-state index in [0.717, 1.165) is 7.11 Å². The number of carbonyl (C=O) groups excluding carboxylic acids is 7. The van der Waals surface area contributed by atoms with Gasteiger partial charge in [0.1, 0.15) is 59.6 Å². The Morgan fingerprint density at radius 1 is 0.710 bits per heavy atom. The SMILES string of the molecule is COC(=O)CC(NC(=O)C(C)NC(=O)C(NC(=O)C(Cc1ccc(O)cc1)NC(=O)c1ccc2c(c1)C1(OC2=O)c2ccc(O)cc2Oc2cc(O)ccc21)C(C)C)C(=O)CF. The molecule has 17 nitrogen and oxygen atoms in total. The Bertz CT molecular complexity index is 2400. The van der Waals surface area contributed by atoms with E-state index in [4.69, 9.17) is 9.47 Å². The highest BCUT2D eigenvalue weighted by Crippen LogP contribution is 2.57. The molecule has 18 heteroatoms. The number of methoxy groups -OCH3 is 1. The van der Waals surface area contributed by atoms with E-state index < -0.39 is 90.1 Å². The molecule has 1 spiro atoms. The van der Waals surface area contributed by atoms with Crippen molar-refractivity contribution in [1.82, 2.24) is 21.3 Å². The number of amides is 4. The zero-order valence-electron chi connectivity index (χ0n) is 33.8. The number of nitrogens with one attached hydrogen (secondary N) is 4. The molecule has 0 radical (unpaired) electrons. The van der Waals surface area contributed by atoms with Crippen molar-refractivity contribution in [3.8, 4) is 28.7 Å². The van der Waals surface area contributed by atoms with Crippen LogP contribution in [0.1, 0.15) is 70.2 Å². The second-order valence-corrected chi connectivity index (χ2v) is 15.1. The Morgan fingerprint density at radius 2 is 1.32 bits per heavy atom. The number of aromatic hydroxyl groups is 3. The molecule has 4 atom stereocenters. The summed E-state index contributed by atoms with van der Waals surface area (Å²) < 4.78 is 29.8. The van der Waals surface area contributed by atoms with Gasteiger partial charge in [0.2, 0.25) is 17.7 Å². The van der Waals surface area contributed by atoms with Gasteiger partial charge in [-0.05, 0) is 73.0 Å². The fraction of sp³-hybridized carbons (Fsp3) is 0.295. The van der Waals surface area contributed by atoms with E-state index in [-0.39, 0.29) is 51.9 Å². The Morgan fingerprint density at radius 3 is 1.90 bits per heavy atom. The number of phenolic OH excluding ortho intramolecular Hbond substituents is 3. The van der Waals surface area contributed by atoms with Crippen LogP contribution in [0.25, 0.3) is 0 Å². The van der Waals surface area contributed by atoms with Crippen LogP contribution in [0.5, 0.6) is 28.7 Å². The second-order valence-electron chi connectivity index (χ2n) is 15.1. The van der Waals surface area contributed by atoms with Crippen molar-refractivity contribution in [3.05, 3.63) is 112 Å². The zero-order chi connectivity index (χ0) is 45.0. The number of ketones is 1. The molecule has 2 heterocycles. The van der Waals surface area contributed by atoms with Gasteiger partial charge in [-0.25, -0.2) is 9.18 Å². The van der Waals surface area contributed by atoms with Crippen LogP contribution in [-0.4, -0.2) is 94.6 Å². The normalized spacial score (nSPS) is 15.0. The number of hydrogen-bond acceptors (Lipinski definition) is 13. The summed E-state index contributed by atoms with van der Waals surface area (Å²) in [7, 11) is 1.06. The number of ether oxygens (including phenoxy) is 3. The Labute approximate surface area is 353 Å². The summed E-state index contributed by atoms with van der Waals surface area (Å²) in [5, 5.41) is 40.5. The van der Waals surface area contributed by atoms with Gasteiger partial charge in [0.25, 0.3) is 5.91 Å². The van der Waals surface area contributed by atoms with Crippen molar-refractivity contribution in [2.24, 2.45) is 5.92 Å². The fourth-order valence-corrected chi connectivity index (χ4v) is 7.20. The van der Waals surface area contributed by atoms with Gasteiger partial charge < -0.3 is 50.8 Å². The number of carbonyl (C=O) groups is 7. The summed E-state index contributed by atoms with van der Waals surface area (Å²) in [4.78, 5) is 92.2. The second kappa shape index (κ2) is 18.0. The maximum absolute atomic E-state index is 14.2. The number of halogens is 1. The van der Waals surface area contributed by atoms with E-state index >= 15 is 0 Å². The number of fused-ring (bicyclic) bond motifs is 6. The third-order valence-electron chi connectivity index (χ3n) is 10.5. The van der Waals surface area contributed by atoms with E-state index in [1.807, 2.05) is 0 Å². The molecule has 6 rings (SSSR count). The van der Waals surface area contributed by atoms with E-state index in [2.05, 4.69) is 26.0 Å². The predicted octanol–water partition coefficient (Wildman–Crippen LogP) is 2.94. The van der Waals surface area contributed by atoms with Crippen LogP contribution in [0.3, 0.4) is 0 Å². The van der Waals surface area contributed by atoms with Crippen LogP contribution < -0.4 is 26.0 Å². The molecule has 0 aromatic heterocycles. The number of hydrogen-bond donors (Lipinski definition) is 7. The third-order valence-corrected chi connectivity index (χ3v) is 10.5. The summed E-state index contributed by atoms with van der Waals surface area (Å²) in [5.41, 5.74) is -0.196. The minimum absolute atomic E-state index is 0.00758. The first-order valence-electron chi connectivity index (χ1n) is 19.3. The summed E-state index contributed by atoms with van der Waals surface area (Å²) in [6, 6.07) is 12.9. The molecule has 0 fully saturated rings. The average Bonchev–Trinajstić information content (AvgIpc) is 3.52. The van der Waals surface area contributed by atoms with Gasteiger partial charge in [-0.1, -0.05) is 26.0 Å². The fourth-order valence-electron chi connectivity index (χ4n) is 7.20. The minimum Gasteiger partial charge on any atom is -0.508 e. The third kappa shape index (κ3) is 8.98. The van der Waals surface area contributed by atoms with E-state index in [9.17, 15) is 53.3 Å². The molecule has 0 saturated carbocycles. The van der Waals surface area contributed by atoms with Crippen LogP contribution in [0, 0.1) is 5.92 Å². The lowest BCUT2D eigenvalue weighted by Gasteiger charge is -2.36. The molecular weight excluding hydrogens is 811 g/mol. The van der Waals surface area contributed by atoms with Gasteiger partial charge in [-0.3, -0.25) is 28.8 Å². The van der Waals surface area contributed by atoms with Crippen LogP contribution in [0.2, 0.25) is 0 Å². The molecule has 0 bridgehead atoms. The van der Waals surface area contributed by atoms with Gasteiger partial charge in [0.05, 0.1) is 19.1 Å². The molecule has 4 aromatic carbocycles. The van der Waals surface area contributed by atoms with Crippen LogP contribution >= 0.6 is 0 Å². The molecule has 2 aliphatic rings. The van der Waals surface area contributed by atoms with Gasteiger partial charge in [-0.2, -0.15) is 0 Å². The predicted molar refractivity (Wildman–Crippen MR) is 215 cm³/mol. The standard InChI is InChI=1S/C44H43FN4O13/c1-21(2)38(42(58)46-22(3)39(55)47-32(34(53)20-45)19-37(54)60-4)49-41(57)33(15-23-5-8-25(50)9-6-23)48-40(56)24-7-12-28-31(16-24)44(62-43(28)59)29-13-10-26(51)17-35(29)61-36-18-27(52)11-14-30(36)44/h5-14,16-18,21-22,32-33,38,50-52H,15,19-20H2,1-4H3,(H,46,58)(H,47,55)(H,48,56)(H,49,57). The summed E-state index contributed by atoms with van der Waals surface area (Å²) >= 11 is 0. The lowest BCUT2D eigenvalue weighted by atomic mass is 9.77. The van der Waals surface area contributed by atoms with E-state index in [1.165, 1.54) is 85.8 Å². The topological polar surface area (TPSA) is 256 Å². The largest absolute Gasteiger partial charge is 0.508 e. The monoisotopic (exact) mass is 854 g/mol. The Kier molecular flexibility index (Phi) is 12.8. The first kappa shape index (κ1) is 44.1. The number of rotatable bonds is 15. The van der Waals surface area contributed by atoms with Crippen molar-refractivity contribution in [3.63, 3.8) is 0 Å². The van der Waals surface area contributed by atoms with Gasteiger partial charge in [-0.15, -0.1) is 0 Å². The van der Waals surface area contributed by atoms with Gasteiger partial charge in [0, 0.05) is 40.8 Å². The number of benzene rings is 4. The Hall–Kier alpha value is -7.50. The molecule has 2 aliphatic heterocycles. The summed E-state index contributed by atoms with van der Waals surface area (Å²) in [6.45, 7) is 3.05. The minimum atomic E-state index is -1.69. The van der Waals surface area contributed by atoms with Crippen molar-refractivity contribution in [2.45, 2.75) is 63.4 Å². The highest BCUT2D eigenvalue weighted by Gasteiger charge is 2.54. The molecule has 4 unspecified atom stereocenters. The van der Waals surface area contributed by atoms with Crippen molar-refractivity contribution in [1.29, 1.82) is 0 Å². The molecule has 324 valence electrons. The van der Waals surface area contributed by atoms with Crippen LogP contribution in [0.15, 0.2) is 78.9 Å². The van der Waals surface area contributed by atoms with Crippen molar-refractivity contribution < 1.29 is 67.5 Å². The number of alkyl halides is 1. The van der Waals surface area contributed by atoms with Gasteiger partial charge >= 0.3 is 11.9 Å². The number of phenols is 3. The van der Waals surface area contributed by atoms with Crippen molar-refractivity contribution in [2.75, 3.05) is 13.8 Å². The molecule has 0 aliphatic carbocycles. The molecule has 7 N–H and O–H groups in total. The lowest BCUT2D eigenvalue weighted by molar-refractivity contribution is -0.143. The zero-order valence-corrected chi connectivity index (χ0v) is 33.8. The maximum Gasteiger partial charge on any atom is 0.340 e. The molecule has 0 saturated heterocycles. The lowest BCUT2D eigenvalue weighted by Crippen LogP contribution is -2.58. The van der Waals surface area contributed by atoms with E-state index in [0.29, 0.717) is 16.7 Å². The molecule has 4 amide bonds. The number of esters is 2. The van der Waals surface area contributed by atoms with E-state index in [1.54, 1.807) is 13.8 Å². The summed E-state index contributed by atoms with van der Waals surface area (Å²) in [6.07, 6.45) is -0.773. The van der Waals surface area contributed by atoms with Gasteiger partial charge in [0.15, 0.2) is 11.4 Å². The highest BCUT2D eigenvalue weighted by atomic mass is 19.1. The first-order valence-corrected chi connectivity index (χ1v) is 19.3. The molecular formula is C44H43FN4O13. The smallest absolute Gasteiger partial charge is 0.340 e. The summed E-state index contributed by atoms with van der Waals surface area (Å²) in [5.74, 6) is -6.71. The quantitative estimate of drug-likeness (QED) is 0.0851. The average molecular weight is 855 g/mol. The number of Topliss-reactive ketones (excluding diaryl/α,β-unsaturated/α-hetero) is 1. The highest BCUT2D eigenvalue weighted by molar-refractivity contribution is 6.02. The maximum atomic E-state index is 14.2. The first-order chi connectivity index (χ1) is 29.4. The Balaban J connectivity index is 1.27. The van der Waals surface area contributed by atoms with Crippen LogP contribution in [-0.2, 0) is 45.5 Å². The van der Waals surface area contributed by atoms with Crippen molar-refractivity contribution >= 4 is 41.4 Å². The molecule has 62 heavy (non-hydrogen) atoms.